The van der Waals surface area contributed by atoms with Crippen LogP contribution in [0.25, 0.3) is 6.20 Å². The van der Waals surface area contributed by atoms with Crippen LogP contribution in [0.1, 0.15) is 17.3 Å². The number of carbonyl (C=O) groups excluding carboxylic acids is 1. The first kappa shape index (κ1) is 13.0. The van der Waals surface area contributed by atoms with Gasteiger partial charge in [-0.2, -0.15) is 0 Å². The van der Waals surface area contributed by atoms with E-state index >= 15 is 0 Å². The molecule has 1 N–H and O–H groups in total. The SMILES string of the molecule is CC(=Cn1ccccc1=N)C(=O)c1ccc(F)cc1. The highest BCUT2D eigenvalue weighted by Crippen LogP contribution is 2.09. The number of hydrogen-bond acceptors (Lipinski definition) is 2. The molecule has 0 aliphatic heterocycles. The van der Waals surface area contributed by atoms with Gasteiger partial charge in [-0.25, -0.2) is 4.39 Å². The molecule has 0 atom stereocenters. The second kappa shape index (κ2) is 5.44. The summed E-state index contributed by atoms with van der Waals surface area (Å²) in [6.07, 6.45) is 3.29. The van der Waals surface area contributed by atoms with Crippen molar-refractivity contribution in [1.82, 2.24) is 4.57 Å². The molecular weight excluding hydrogens is 243 g/mol. The number of halogens is 1. The Hall–Kier alpha value is -2.49. The molecule has 1 aromatic heterocycles. The van der Waals surface area contributed by atoms with Crippen LogP contribution in [-0.4, -0.2) is 10.4 Å². The summed E-state index contributed by atoms with van der Waals surface area (Å²) in [6, 6.07) is 10.6. The summed E-state index contributed by atoms with van der Waals surface area (Å²) in [6.45, 7) is 1.67. The van der Waals surface area contributed by atoms with E-state index in [0.717, 1.165) is 0 Å². The lowest BCUT2D eigenvalue weighted by Gasteiger charge is -2.04. The van der Waals surface area contributed by atoms with E-state index in [9.17, 15) is 9.18 Å². The molecule has 1 heterocycles. The number of hydrogen-bond donors (Lipinski definition) is 1. The number of Topliss-reactive ketones (excluding diaryl/α,β-unsaturated/α-hetero) is 1. The zero-order valence-electron chi connectivity index (χ0n) is 10.4. The zero-order chi connectivity index (χ0) is 13.8. The molecule has 0 amide bonds. The summed E-state index contributed by atoms with van der Waals surface area (Å²) in [5.41, 5.74) is 1.20. The highest BCUT2D eigenvalue weighted by atomic mass is 19.1. The number of nitrogens with zero attached hydrogens (tertiary/aromatic N) is 1. The van der Waals surface area contributed by atoms with Gasteiger partial charge in [-0.1, -0.05) is 6.07 Å². The van der Waals surface area contributed by atoms with Crippen LogP contribution in [0.2, 0.25) is 0 Å². The van der Waals surface area contributed by atoms with Crippen molar-refractivity contribution in [3.63, 3.8) is 0 Å². The van der Waals surface area contributed by atoms with Gasteiger partial charge in [0, 0.05) is 23.5 Å². The molecule has 19 heavy (non-hydrogen) atoms. The molecule has 0 radical (unpaired) electrons. The van der Waals surface area contributed by atoms with Gasteiger partial charge in [-0.15, -0.1) is 0 Å². The van der Waals surface area contributed by atoms with Gasteiger partial charge in [0.1, 0.15) is 11.3 Å². The number of ketones is 1. The lowest BCUT2D eigenvalue weighted by Crippen LogP contribution is -2.14. The first-order valence-corrected chi connectivity index (χ1v) is 5.78. The number of rotatable bonds is 3. The summed E-state index contributed by atoms with van der Waals surface area (Å²) in [4.78, 5) is 12.1. The van der Waals surface area contributed by atoms with Gasteiger partial charge in [0.05, 0.1) is 0 Å². The van der Waals surface area contributed by atoms with E-state index in [1.54, 1.807) is 42.1 Å². The Labute approximate surface area is 110 Å². The van der Waals surface area contributed by atoms with E-state index in [1.807, 2.05) is 0 Å². The molecule has 96 valence electrons. The molecule has 0 fully saturated rings. The standard InChI is InChI=1S/C15H13FN2O/c1-11(10-18-9-3-2-4-14(18)17)15(19)12-5-7-13(16)8-6-12/h2-10,17H,1H3. The fourth-order valence-electron chi connectivity index (χ4n) is 1.66. The number of pyridine rings is 1. The smallest absolute Gasteiger partial charge is 0.190 e. The fourth-order valence-corrected chi connectivity index (χ4v) is 1.66. The van der Waals surface area contributed by atoms with Crippen LogP contribution in [0.5, 0.6) is 0 Å². The van der Waals surface area contributed by atoms with Crippen molar-refractivity contribution in [3.05, 3.63) is 71.1 Å². The van der Waals surface area contributed by atoms with Crippen molar-refractivity contribution in [3.8, 4) is 0 Å². The van der Waals surface area contributed by atoms with E-state index in [-0.39, 0.29) is 17.1 Å². The van der Waals surface area contributed by atoms with Crippen LogP contribution in [0, 0.1) is 11.2 Å². The summed E-state index contributed by atoms with van der Waals surface area (Å²) in [5.74, 6) is -0.556. The Bertz CT molecular complexity index is 684. The lowest BCUT2D eigenvalue weighted by molar-refractivity contribution is 0.103. The molecule has 0 aliphatic rings. The van der Waals surface area contributed by atoms with Gasteiger partial charge in [0.15, 0.2) is 5.78 Å². The monoisotopic (exact) mass is 256 g/mol. The van der Waals surface area contributed by atoms with E-state index < -0.39 is 0 Å². The summed E-state index contributed by atoms with van der Waals surface area (Å²) < 4.78 is 14.3. The van der Waals surface area contributed by atoms with Gasteiger partial charge in [0.2, 0.25) is 0 Å². The van der Waals surface area contributed by atoms with Crippen molar-refractivity contribution in [2.24, 2.45) is 0 Å². The maximum Gasteiger partial charge on any atom is 0.190 e. The number of benzene rings is 1. The van der Waals surface area contributed by atoms with Gasteiger partial charge in [-0.3, -0.25) is 10.2 Å². The Kier molecular flexibility index (Phi) is 3.71. The van der Waals surface area contributed by atoms with Gasteiger partial charge < -0.3 is 4.57 Å². The maximum absolute atomic E-state index is 12.8. The van der Waals surface area contributed by atoms with Crippen molar-refractivity contribution in [2.45, 2.75) is 6.92 Å². The third-order valence-electron chi connectivity index (χ3n) is 2.69. The van der Waals surface area contributed by atoms with Crippen LogP contribution >= 0.6 is 0 Å². The topological polar surface area (TPSA) is 45.9 Å². The fraction of sp³-hybridized carbons (Fsp3) is 0.0667. The quantitative estimate of drug-likeness (QED) is 0.666. The molecule has 4 heteroatoms. The first-order valence-electron chi connectivity index (χ1n) is 5.78. The maximum atomic E-state index is 12.8. The number of nitrogens with one attached hydrogen (secondary N) is 1. The van der Waals surface area contributed by atoms with Crippen LogP contribution < -0.4 is 5.49 Å². The third-order valence-corrected chi connectivity index (χ3v) is 2.69. The highest BCUT2D eigenvalue weighted by molar-refractivity contribution is 6.10. The van der Waals surface area contributed by atoms with E-state index in [2.05, 4.69) is 0 Å². The van der Waals surface area contributed by atoms with Gasteiger partial charge in [0.25, 0.3) is 0 Å². The molecule has 0 bridgehead atoms. The predicted octanol–water partition coefficient (Wildman–Crippen LogP) is 2.85. The second-order valence-corrected chi connectivity index (χ2v) is 4.14. The minimum atomic E-state index is -0.371. The average Bonchev–Trinajstić information content (AvgIpc) is 2.41. The Balaban J connectivity index is 2.32. The molecule has 2 aromatic rings. The Morgan fingerprint density at radius 1 is 1.21 bits per heavy atom. The lowest BCUT2D eigenvalue weighted by atomic mass is 10.1. The Morgan fingerprint density at radius 3 is 2.53 bits per heavy atom. The van der Waals surface area contributed by atoms with E-state index in [4.69, 9.17) is 5.41 Å². The van der Waals surface area contributed by atoms with Crippen molar-refractivity contribution in [1.29, 1.82) is 5.41 Å². The second-order valence-electron chi connectivity index (χ2n) is 4.14. The van der Waals surface area contributed by atoms with E-state index in [1.165, 1.54) is 24.3 Å². The number of aromatic nitrogens is 1. The first-order chi connectivity index (χ1) is 9.08. The average molecular weight is 256 g/mol. The van der Waals surface area contributed by atoms with Gasteiger partial charge in [-0.05, 0) is 43.3 Å². The molecule has 2 rings (SSSR count). The summed E-state index contributed by atoms with van der Waals surface area (Å²) in [5, 5.41) is 7.70. The number of allylic oxidation sites excluding steroid dienone is 1. The highest BCUT2D eigenvalue weighted by Gasteiger charge is 2.08. The normalized spacial score (nSPS) is 11.4. The van der Waals surface area contributed by atoms with E-state index in [0.29, 0.717) is 11.1 Å². The van der Waals surface area contributed by atoms with Crippen molar-refractivity contribution in [2.75, 3.05) is 0 Å². The Morgan fingerprint density at radius 2 is 1.89 bits per heavy atom. The largest absolute Gasteiger partial charge is 0.309 e. The molecule has 0 aliphatic carbocycles. The van der Waals surface area contributed by atoms with Gasteiger partial charge >= 0.3 is 0 Å². The molecule has 1 aromatic carbocycles. The van der Waals surface area contributed by atoms with Crippen molar-refractivity contribution < 1.29 is 9.18 Å². The molecule has 0 spiro atoms. The van der Waals surface area contributed by atoms with Crippen LogP contribution in [0.3, 0.4) is 0 Å². The third kappa shape index (κ3) is 3.04. The van der Waals surface area contributed by atoms with Crippen LogP contribution in [-0.2, 0) is 0 Å². The van der Waals surface area contributed by atoms with Crippen molar-refractivity contribution >= 4 is 12.0 Å². The van der Waals surface area contributed by atoms with Crippen LogP contribution in [0.4, 0.5) is 4.39 Å². The minimum Gasteiger partial charge on any atom is -0.309 e. The molecule has 0 saturated heterocycles. The molecular formula is C15H13FN2O. The summed E-state index contributed by atoms with van der Waals surface area (Å²) in [7, 11) is 0. The minimum absolute atomic E-state index is 0.184. The summed E-state index contributed by atoms with van der Waals surface area (Å²) >= 11 is 0. The molecule has 0 unspecified atom stereocenters. The zero-order valence-corrected chi connectivity index (χ0v) is 10.4. The number of carbonyl (C=O) groups is 1. The molecule has 0 saturated carbocycles. The molecule has 3 nitrogen and oxygen atoms in total. The predicted molar refractivity (Wildman–Crippen MR) is 71.0 cm³/mol. The van der Waals surface area contributed by atoms with Crippen LogP contribution in [0.15, 0.2) is 54.2 Å².